The highest BCUT2D eigenvalue weighted by Crippen LogP contribution is 2.15. The number of hydrogen-bond acceptors (Lipinski definition) is 2. The lowest BCUT2D eigenvalue weighted by molar-refractivity contribution is 0.122. The summed E-state index contributed by atoms with van der Waals surface area (Å²) in [6, 6.07) is 7.78. The quantitative estimate of drug-likeness (QED) is 0.741. The zero-order valence-corrected chi connectivity index (χ0v) is 10.8. The molecule has 0 spiro atoms. The van der Waals surface area contributed by atoms with E-state index >= 15 is 0 Å². The third-order valence-corrected chi connectivity index (χ3v) is 2.56. The summed E-state index contributed by atoms with van der Waals surface area (Å²) in [5.41, 5.74) is 1.05. The van der Waals surface area contributed by atoms with E-state index in [2.05, 4.69) is 19.2 Å². The van der Waals surface area contributed by atoms with Gasteiger partial charge in [-0.25, -0.2) is 0 Å². The Morgan fingerprint density at radius 2 is 2.06 bits per heavy atom. The molecule has 0 fully saturated rings. The smallest absolute Gasteiger partial charge is 0.0731 e. The first-order valence-corrected chi connectivity index (χ1v) is 6.10. The van der Waals surface area contributed by atoms with Crippen molar-refractivity contribution in [3.63, 3.8) is 0 Å². The number of hydrogen-bond donors (Lipinski definition) is 1. The van der Waals surface area contributed by atoms with Gasteiger partial charge in [-0.1, -0.05) is 43.6 Å². The second kappa shape index (κ2) is 7.66. The van der Waals surface area contributed by atoms with Crippen LogP contribution in [0.15, 0.2) is 24.3 Å². The number of benzene rings is 1. The molecule has 1 N–H and O–H groups in total. The normalized spacial score (nSPS) is 11.0. The maximum absolute atomic E-state index is 6.01. The van der Waals surface area contributed by atoms with Gasteiger partial charge in [0, 0.05) is 11.6 Å². The monoisotopic (exact) mass is 241 g/mol. The number of rotatable bonds is 7. The molecule has 0 amide bonds. The molecular formula is C13H20ClNO. The summed E-state index contributed by atoms with van der Waals surface area (Å²) in [5, 5.41) is 4.10. The molecule has 0 bridgehead atoms. The molecule has 1 aromatic carbocycles. The van der Waals surface area contributed by atoms with Crippen LogP contribution in [0.3, 0.4) is 0 Å². The molecule has 1 aromatic rings. The van der Waals surface area contributed by atoms with Gasteiger partial charge in [-0.05, 0) is 24.1 Å². The Hall–Kier alpha value is -0.570. The van der Waals surface area contributed by atoms with Crippen LogP contribution in [0, 0.1) is 5.92 Å². The van der Waals surface area contributed by atoms with Crippen molar-refractivity contribution in [2.45, 2.75) is 20.5 Å². The largest absolute Gasteiger partial charge is 0.375 e. The standard InChI is InChI=1S/C13H20ClNO/c1-11(2)9-15-7-8-16-10-12-5-3-4-6-13(12)14/h3-6,11,15H,7-10H2,1-2H3. The van der Waals surface area contributed by atoms with Crippen molar-refractivity contribution < 1.29 is 4.74 Å². The van der Waals surface area contributed by atoms with Crippen LogP contribution in [0.5, 0.6) is 0 Å². The minimum atomic E-state index is 0.586. The van der Waals surface area contributed by atoms with Crippen molar-refractivity contribution in [1.82, 2.24) is 5.32 Å². The van der Waals surface area contributed by atoms with Crippen LogP contribution in [0.1, 0.15) is 19.4 Å². The van der Waals surface area contributed by atoms with E-state index in [1.807, 2.05) is 24.3 Å². The second-order valence-corrected chi connectivity index (χ2v) is 4.65. The summed E-state index contributed by atoms with van der Waals surface area (Å²) in [6.07, 6.45) is 0. The molecule has 0 saturated carbocycles. The van der Waals surface area contributed by atoms with E-state index in [0.29, 0.717) is 12.5 Å². The lowest BCUT2D eigenvalue weighted by Crippen LogP contribution is -2.23. The zero-order chi connectivity index (χ0) is 11.8. The molecule has 2 nitrogen and oxygen atoms in total. The second-order valence-electron chi connectivity index (χ2n) is 4.24. The Balaban J connectivity index is 2.10. The highest BCUT2D eigenvalue weighted by Gasteiger charge is 1.98. The van der Waals surface area contributed by atoms with Gasteiger partial charge in [-0.15, -0.1) is 0 Å². The average Bonchev–Trinajstić information content (AvgIpc) is 2.25. The predicted octanol–water partition coefficient (Wildman–Crippen LogP) is 3.10. The summed E-state index contributed by atoms with van der Waals surface area (Å²) < 4.78 is 5.54. The Labute approximate surface area is 103 Å². The van der Waals surface area contributed by atoms with Crippen LogP contribution < -0.4 is 5.32 Å². The van der Waals surface area contributed by atoms with E-state index in [1.165, 1.54) is 0 Å². The van der Waals surface area contributed by atoms with E-state index in [1.54, 1.807) is 0 Å². The average molecular weight is 242 g/mol. The van der Waals surface area contributed by atoms with E-state index in [4.69, 9.17) is 16.3 Å². The molecule has 3 heteroatoms. The topological polar surface area (TPSA) is 21.3 Å². The van der Waals surface area contributed by atoms with Crippen LogP contribution in [0.25, 0.3) is 0 Å². The summed E-state index contributed by atoms with van der Waals surface area (Å²) in [7, 11) is 0. The van der Waals surface area contributed by atoms with Gasteiger partial charge in [-0.3, -0.25) is 0 Å². The van der Waals surface area contributed by atoms with E-state index in [0.717, 1.165) is 30.3 Å². The molecule has 0 radical (unpaired) electrons. The summed E-state index contributed by atoms with van der Waals surface area (Å²) in [6.45, 7) is 7.62. The molecule has 0 aliphatic carbocycles. The van der Waals surface area contributed by atoms with Crippen molar-refractivity contribution in [1.29, 1.82) is 0 Å². The van der Waals surface area contributed by atoms with Gasteiger partial charge in [0.1, 0.15) is 0 Å². The molecule has 0 heterocycles. The van der Waals surface area contributed by atoms with E-state index in [-0.39, 0.29) is 0 Å². The lowest BCUT2D eigenvalue weighted by atomic mass is 10.2. The first-order chi connectivity index (χ1) is 7.70. The zero-order valence-electron chi connectivity index (χ0n) is 10.0. The molecule has 90 valence electrons. The van der Waals surface area contributed by atoms with E-state index in [9.17, 15) is 0 Å². The lowest BCUT2D eigenvalue weighted by Gasteiger charge is -2.08. The maximum Gasteiger partial charge on any atom is 0.0731 e. The minimum absolute atomic E-state index is 0.586. The van der Waals surface area contributed by atoms with Crippen LogP contribution in [0.2, 0.25) is 5.02 Å². The summed E-state index contributed by atoms with van der Waals surface area (Å²) in [4.78, 5) is 0. The van der Waals surface area contributed by atoms with Crippen LogP contribution in [0.4, 0.5) is 0 Å². The van der Waals surface area contributed by atoms with Crippen molar-refractivity contribution in [3.05, 3.63) is 34.9 Å². The molecular weight excluding hydrogens is 222 g/mol. The first kappa shape index (κ1) is 13.5. The van der Waals surface area contributed by atoms with Gasteiger partial charge < -0.3 is 10.1 Å². The molecule has 0 saturated heterocycles. The molecule has 0 aliphatic heterocycles. The molecule has 0 aliphatic rings. The van der Waals surface area contributed by atoms with Gasteiger partial charge in [0.15, 0.2) is 0 Å². The van der Waals surface area contributed by atoms with Crippen molar-refractivity contribution in [2.24, 2.45) is 5.92 Å². The van der Waals surface area contributed by atoms with Crippen molar-refractivity contribution in [3.8, 4) is 0 Å². The summed E-state index contributed by atoms with van der Waals surface area (Å²) in [5.74, 6) is 0.684. The van der Waals surface area contributed by atoms with Crippen molar-refractivity contribution in [2.75, 3.05) is 19.7 Å². The van der Waals surface area contributed by atoms with Crippen LogP contribution >= 0.6 is 11.6 Å². The van der Waals surface area contributed by atoms with Gasteiger partial charge in [-0.2, -0.15) is 0 Å². The summed E-state index contributed by atoms with van der Waals surface area (Å²) >= 11 is 6.01. The number of nitrogens with one attached hydrogen (secondary N) is 1. The first-order valence-electron chi connectivity index (χ1n) is 5.72. The highest BCUT2D eigenvalue weighted by molar-refractivity contribution is 6.31. The third-order valence-electron chi connectivity index (χ3n) is 2.19. The Bertz CT molecular complexity index is 302. The Morgan fingerprint density at radius 1 is 1.31 bits per heavy atom. The Kier molecular flexibility index (Phi) is 6.46. The van der Waals surface area contributed by atoms with Crippen LogP contribution in [-0.4, -0.2) is 19.7 Å². The molecule has 16 heavy (non-hydrogen) atoms. The number of halogens is 1. The van der Waals surface area contributed by atoms with Gasteiger partial charge >= 0.3 is 0 Å². The fourth-order valence-corrected chi connectivity index (χ4v) is 1.52. The Morgan fingerprint density at radius 3 is 2.75 bits per heavy atom. The van der Waals surface area contributed by atoms with Crippen molar-refractivity contribution >= 4 is 11.6 Å². The van der Waals surface area contributed by atoms with E-state index < -0.39 is 0 Å². The maximum atomic E-state index is 6.01. The van der Waals surface area contributed by atoms with Gasteiger partial charge in [0.05, 0.1) is 13.2 Å². The molecule has 0 unspecified atom stereocenters. The fraction of sp³-hybridized carbons (Fsp3) is 0.538. The van der Waals surface area contributed by atoms with Crippen LogP contribution in [-0.2, 0) is 11.3 Å². The molecule has 0 aromatic heterocycles. The molecule has 1 rings (SSSR count). The SMILES string of the molecule is CC(C)CNCCOCc1ccccc1Cl. The van der Waals surface area contributed by atoms with Gasteiger partial charge in [0.2, 0.25) is 0 Å². The minimum Gasteiger partial charge on any atom is -0.375 e. The highest BCUT2D eigenvalue weighted by atomic mass is 35.5. The molecule has 0 atom stereocenters. The number of ether oxygens (including phenoxy) is 1. The fourth-order valence-electron chi connectivity index (χ4n) is 1.33. The third kappa shape index (κ3) is 5.50. The van der Waals surface area contributed by atoms with Gasteiger partial charge in [0.25, 0.3) is 0 Å². The predicted molar refractivity (Wildman–Crippen MR) is 68.8 cm³/mol.